The SMILES string of the molecule is Cc1cc(C(C(=O)NC(C)C)N(CCO)C(=O)C(CO)NC(=O)OC(C)(C)C)ccc1O. The number of phenolic OH excluding ortho intramolecular Hbond substituents is 1. The number of phenols is 1. The molecule has 2 unspecified atom stereocenters. The molecule has 10 nitrogen and oxygen atoms in total. The van der Waals surface area contributed by atoms with Crippen LogP contribution in [0.1, 0.15) is 51.8 Å². The van der Waals surface area contributed by atoms with Crippen molar-refractivity contribution in [3.05, 3.63) is 29.3 Å². The van der Waals surface area contributed by atoms with Gasteiger partial charge in [0.25, 0.3) is 0 Å². The summed E-state index contributed by atoms with van der Waals surface area (Å²) in [6.07, 6.45) is -0.905. The Labute approximate surface area is 188 Å². The van der Waals surface area contributed by atoms with E-state index in [1.165, 1.54) is 12.1 Å². The molecule has 0 aliphatic heterocycles. The highest BCUT2D eigenvalue weighted by Gasteiger charge is 2.36. The molecule has 5 N–H and O–H groups in total. The lowest BCUT2D eigenvalue weighted by molar-refractivity contribution is -0.144. The fraction of sp³-hybridized carbons (Fsp3) is 0.591. The number of amides is 3. The van der Waals surface area contributed by atoms with Gasteiger partial charge in [-0.25, -0.2) is 4.79 Å². The summed E-state index contributed by atoms with van der Waals surface area (Å²) >= 11 is 0. The van der Waals surface area contributed by atoms with E-state index in [1.807, 2.05) is 0 Å². The third-order valence-corrected chi connectivity index (χ3v) is 4.32. The monoisotopic (exact) mass is 453 g/mol. The van der Waals surface area contributed by atoms with Crippen LogP contribution in [0, 0.1) is 6.92 Å². The first-order valence-corrected chi connectivity index (χ1v) is 10.4. The maximum Gasteiger partial charge on any atom is 0.408 e. The van der Waals surface area contributed by atoms with Crippen LogP contribution < -0.4 is 10.6 Å². The Morgan fingerprint density at radius 2 is 1.75 bits per heavy atom. The summed E-state index contributed by atoms with van der Waals surface area (Å²) in [6, 6.07) is 1.66. The van der Waals surface area contributed by atoms with E-state index in [1.54, 1.807) is 47.6 Å². The fourth-order valence-electron chi connectivity index (χ4n) is 2.99. The number of alkyl carbamates (subject to hydrolysis) is 1. The Kier molecular flexibility index (Phi) is 9.92. The number of aliphatic hydroxyl groups excluding tert-OH is 2. The molecule has 0 bridgehead atoms. The van der Waals surface area contributed by atoms with Crippen molar-refractivity contribution in [3.8, 4) is 5.75 Å². The molecular weight excluding hydrogens is 418 g/mol. The zero-order valence-corrected chi connectivity index (χ0v) is 19.5. The van der Waals surface area contributed by atoms with Crippen LogP contribution in [0.25, 0.3) is 0 Å². The van der Waals surface area contributed by atoms with Gasteiger partial charge in [0.05, 0.1) is 13.2 Å². The molecule has 0 aliphatic carbocycles. The van der Waals surface area contributed by atoms with Crippen molar-refractivity contribution >= 4 is 17.9 Å². The Morgan fingerprint density at radius 1 is 1.12 bits per heavy atom. The van der Waals surface area contributed by atoms with Crippen molar-refractivity contribution in [1.29, 1.82) is 0 Å². The van der Waals surface area contributed by atoms with Crippen molar-refractivity contribution in [2.45, 2.75) is 65.3 Å². The number of ether oxygens (including phenoxy) is 1. The normalized spacial score (nSPS) is 13.3. The lowest BCUT2D eigenvalue weighted by Gasteiger charge is -2.34. The van der Waals surface area contributed by atoms with Gasteiger partial charge < -0.3 is 35.6 Å². The minimum absolute atomic E-state index is 0.0247. The smallest absolute Gasteiger partial charge is 0.408 e. The number of rotatable bonds is 9. The van der Waals surface area contributed by atoms with E-state index in [9.17, 15) is 29.7 Å². The molecule has 0 fully saturated rings. The summed E-state index contributed by atoms with van der Waals surface area (Å²) in [5, 5.41) is 34.3. The van der Waals surface area contributed by atoms with Crippen LogP contribution in [-0.2, 0) is 14.3 Å². The number of carbonyl (C=O) groups is 3. The van der Waals surface area contributed by atoms with Gasteiger partial charge in [0.1, 0.15) is 23.4 Å². The summed E-state index contributed by atoms with van der Waals surface area (Å²) < 4.78 is 5.15. The van der Waals surface area contributed by atoms with Crippen molar-refractivity contribution in [2.24, 2.45) is 0 Å². The molecule has 1 aromatic rings. The topological polar surface area (TPSA) is 148 Å². The first kappa shape index (κ1) is 27.2. The Balaban J connectivity index is 3.35. The zero-order valence-electron chi connectivity index (χ0n) is 19.5. The molecule has 0 saturated carbocycles. The van der Waals surface area contributed by atoms with Crippen molar-refractivity contribution in [2.75, 3.05) is 19.8 Å². The number of hydrogen-bond acceptors (Lipinski definition) is 7. The van der Waals surface area contributed by atoms with E-state index in [2.05, 4.69) is 10.6 Å². The predicted octanol–water partition coefficient (Wildman–Crippen LogP) is 0.973. The summed E-state index contributed by atoms with van der Waals surface area (Å²) in [5.74, 6) is -1.26. The van der Waals surface area contributed by atoms with E-state index in [4.69, 9.17) is 4.74 Å². The number of aliphatic hydroxyl groups is 2. The first-order chi connectivity index (χ1) is 14.8. The lowest BCUT2D eigenvalue weighted by atomic mass is 10.00. The number of nitrogens with one attached hydrogen (secondary N) is 2. The highest BCUT2D eigenvalue weighted by atomic mass is 16.6. The summed E-state index contributed by atoms with van der Waals surface area (Å²) in [7, 11) is 0. The molecule has 0 saturated heterocycles. The van der Waals surface area contributed by atoms with Crippen LogP contribution in [0.15, 0.2) is 18.2 Å². The standard InChI is InChI=1S/C22H35N3O7/c1-13(2)23-19(29)18(15-7-8-17(28)14(3)11-15)25(9-10-26)20(30)16(12-27)24-21(31)32-22(4,5)6/h7-8,11,13,16,18,26-28H,9-10,12H2,1-6H3,(H,23,29)(H,24,31). The Morgan fingerprint density at radius 3 is 2.22 bits per heavy atom. The third-order valence-electron chi connectivity index (χ3n) is 4.32. The minimum Gasteiger partial charge on any atom is -0.508 e. The van der Waals surface area contributed by atoms with Gasteiger partial charge in [-0.1, -0.05) is 6.07 Å². The van der Waals surface area contributed by atoms with Crippen LogP contribution >= 0.6 is 0 Å². The summed E-state index contributed by atoms with van der Waals surface area (Å²) in [4.78, 5) is 39.6. The maximum absolute atomic E-state index is 13.3. The van der Waals surface area contributed by atoms with Gasteiger partial charge in [0.15, 0.2) is 0 Å². The molecule has 0 spiro atoms. The molecule has 1 rings (SSSR count). The molecule has 180 valence electrons. The van der Waals surface area contributed by atoms with Gasteiger partial charge in [0, 0.05) is 12.6 Å². The number of nitrogens with zero attached hydrogens (tertiary/aromatic N) is 1. The van der Waals surface area contributed by atoms with Crippen molar-refractivity contribution < 1.29 is 34.4 Å². The number of benzene rings is 1. The largest absolute Gasteiger partial charge is 0.508 e. The highest BCUT2D eigenvalue weighted by Crippen LogP contribution is 2.27. The molecular formula is C22H35N3O7. The van der Waals surface area contributed by atoms with Gasteiger partial charge in [0.2, 0.25) is 11.8 Å². The van der Waals surface area contributed by atoms with Crippen LogP contribution in [-0.4, -0.2) is 75.6 Å². The van der Waals surface area contributed by atoms with E-state index >= 15 is 0 Å². The fourth-order valence-corrected chi connectivity index (χ4v) is 2.99. The molecule has 3 amide bonds. The first-order valence-electron chi connectivity index (χ1n) is 10.4. The summed E-state index contributed by atoms with van der Waals surface area (Å²) in [6.45, 7) is 8.69. The predicted molar refractivity (Wildman–Crippen MR) is 118 cm³/mol. The molecule has 10 heteroatoms. The van der Waals surface area contributed by atoms with E-state index in [0.29, 0.717) is 11.1 Å². The highest BCUT2D eigenvalue weighted by molar-refractivity contribution is 5.92. The third kappa shape index (κ3) is 8.01. The second kappa shape index (κ2) is 11.7. The van der Waals surface area contributed by atoms with E-state index < -0.39 is 48.8 Å². The molecule has 1 aromatic carbocycles. The van der Waals surface area contributed by atoms with Gasteiger partial charge in [-0.3, -0.25) is 9.59 Å². The Bertz CT molecular complexity index is 805. The average Bonchev–Trinajstić information content (AvgIpc) is 2.66. The second-order valence-electron chi connectivity index (χ2n) is 8.75. The molecule has 0 aromatic heterocycles. The lowest BCUT2D eigenvalue weighted by Crippen LogP contribution is -2.55. The van der Waals surface area contributed by atoms with E-state index in [-0.39, 0.29) is 18.3 Å². The summed E-state index contributed by atoms with van der Waals surface area (Å²) in [5.41, 5.74) is 0.0716. The zero-order chi connectivity index (χ0) is 24.6. The molecule has 2 atom stereocenters. The van der Waals surface area contributed by atoms with Crippen LogP contribution in [0.2, 0.25) is 0 Å². The number of carbonyl (C=O) groups excluding carboxylic acids is 3. The van der Waals surface area contributed by atoms with Gasteiger partial charge >= 0.3 is 6.09 Å². The average molecular weight is 454 g/mol. The van der Waals surface area contributed by atoms with Gasteiger partial charge in [-0.05, 0) is 64.8 Å². The molecule has 0 heterocycles. The van der Waals surface area contributed by atoms with Crippen molar-refractivity contribution in [1.82, 2.24) is 15.5 Å². The molecule has 0 radical (unpaired) electrons. The maximum atomic E-state index is 13.3. The second-order valence-corrected chi connectivity index (χ2v) is 8.75. The van der Waals surface area contributed by atoms with Crippen molar-refractivity contribution in [3.63, 3.8) is 0 Å². The number of hydrogen-bond donors (Lipinski definition) is 5. The molecule has 0 aliphatic rings. The van der Waals surface area contributed by atoms with Crippen LogP contribution in [0.4, 0.5) is 4.79 Å². The van der Waals surface area contributed by atoms with Gasteiger partial charge in [-0.2, -0.15) is 0 Å². The molecule has 32 heavy (non-hydrogen) atoms. The number of aryl methyl sites for hydroxylation is 1. The van der Waals surface area contributed by atoms with E-state index in [0.717, 1.165) is 4.90 Å². The Hall–Kier alpha value is -2.85. The minimum atomic E-state index is -1.40. The quantitative estimate of drug-likeness (QED) is 0.374. The number of aromatic hydroxyl groups is 1. The van der Waals surface area contributed by atoms with Crippen LogP contribution in [0.5, 0.6) is 5.75 Å². The van der Waals surface area contributed by atoms with Gasteiger partial charge in [-0.15, -0.1) is 0 Å². The van der Waals surface area contributed by atoms with Crippen LogP contribution in [0.3, 0.4) is 0 Å².